The van der Waals surface area contributed by atoms with E-state index in [2.05, 4.69) is 0 Å². The third-order valence-electron chi connectivity index (χ3n) is 1.55. The largest absolute Gasteiger partial charge is 0.495 e. The van der Waals surface area contributed by atoms with E-state index in [-0.39, 0.29) is 11.2 Å². The Kier molecular flexibility index (Phi) is 1.26. The summed E-state index contributed by atoms with van der Waals surface area (Å²) in [5.41, 5.74) is -0.385. The Morgan fingerprint density at radius 2 is 2.11 bits per heavy atom. The van der Waals surface area contributed by atoms with Gasteiger partial charge in [0.2, 0.25) is 0 Å². The van der Waals surface area contributed by atoms with Crippen LogP contribution in [0.2, 0.25) is 0 Å². The average molecular weight is 130 g/mol. The summed E-state index contributed by atoms with van der Waals surface area (Å²) >= 11 is 0. The van der Waals surface area contributed by atoms with Crippen LogP contribution in [0.4, 0.5) is 4.39 Å². The van der Waals surface area contributed by atoms with Gasteiger partial charge in [0, 0.05) is 0 Å². The van der Waals surface area contributed by atoms with Gasteiger partial charge in [-0.3, -0.25) is 0 Å². The van der Waals surface area contributed by atoms with E-state index in [1.54, 1.807) is 6.92 Å². The molecule has 1 nitrogen and oxygen atoms in total. The first-order valence-corrected chi connectivity index (χ1v) is 3.04. The fourth-order valence-corrected chi connectivity index (χ4v) is 0.892. The SMILES string of the molecule is CC1=C(F)C(C)(C)CO1. The van der Waals surface area contributed by atoms with Crippen LogP contribution in [0.1, 0.15) is 20.8 Å². The van der Waals surface area contributed by atoms with Gasteiger partial charge in [-0.05, 0) is 6.92 Å². The molecule has 2 heteroatoms. The summed E-state index contributed by atoms with van der Waals surface area (Å²) in [7, 11) is 0. The van der Waals surface area contributed by atoms with Crippen LogP contribution in [0.3, 0.4) is 0 Å². The van der Waals surface area contributed by atoms with Gasteiger partial charge in [-0.2, -0.15) is 0 Å². The Labute approximate surface area is 54.5 Å². The van der Waals surface area contributed by atoms with Crippen LogP contribution < -0.4 is 0 Å². The van der Waals surface area contributed by atoms with Gasteiger partial charge in [0.25, 0.3) is 0 Å². The molecular formula is C7H11FO. The maximum absolute atomic E-state index is 12.8. The molecule has 0 spiro atoms. The van der Waals surface area contributed by atoms with Gasteiger partial charge in [-0.1, -0.05) is 13.8 Å². The highest BCUT2D eigenvalue weighted by atomic mass is 19.1. The Bertz CT molecular complexity index is 158. The number of rotatable bonds is 0. The molecule has 1 aliphatic heterocycles. The summed E-state index contributed by atoms with van der Waals surface area (Å²) in [4.78, 5) is 0. The minimum absolute atomic E-state index is 0.109. The van der Waals surface area contributed by atoms with Gasteiger partial charge in [0.15, 0.2) is 0 Å². The molecule has 0 saturated heterocycles. The van der Waals surface area contributed by atoms with Crippen molar-refractivity contribution in [3.63, 3.8) is 0 Å². The average Bonchev–Trinajstić information content (AvgIpc) is 1.97. The predicted molar refractivity (Wildman–Crippen MR) is 33.5 cm³/mol. The normalized spacial score (nSPS) is 24.4. The van der Waals surface area contributed by atoms with E-state index in [9.17, 15) is 4.39 Å². The Morgan fingerprint density at radius 3 is 2.22 bits per heavy atom. The van der Waals surface area contributed by atoms with Crippen molar-refractivity contribution in [2.45, 2.75) is 20.8 Å². The van der Waals surface area contributed by atoms with Crippen molar-refractivity contribution in [2.75, 3.05) is 6.61 Å². The van der Waals surface area contributed by atoms with Crippen molar-refractivity contribution in [1.29, 1.82) is 0 Å². The van der Waals surface area contributed by atoms with E-state index in [4.69, 9.17) is 4.74 Å². The third-order valence-corrected chi connectivity index (χ3v) is 1.55. The van der Waals surface area contributed by atoms with E-state index in [1.165, 1.54) is 0 Å². The van der Waals surface area contributed by atoms with Crippen molar-refractivity contribution in [3.05, 3.63) is 11.6 Å². The molecule has 0 aromatic rings. The molecule has 0 aliphatic carbocycles. The predicted octanol–water partition coefficient (Wildman–Crippen LogP) is 2.24. The van der Waals surface area contributed by atoms with E-state index in [0.29, 0.717) is 12.4 Å². The minimum Gasteiger partial charge on any atom is -0.495 e. The molecule has 0 atom stereocenters. The molecule has 0 amide bonds. The summed E-state index contributed by atoms with van der Waals surface area (Å²) < 4.78 is 17.8. The molecule has 0 N–H and O–H groups in total. The Hall–Kier alpha value is -0.530. The fraction of sp³-hybridized carbons (Fsp3) is 0.714. The Morgan fingerprint density at radius 1 is 1.56 bits per heavy atom. The quantitative estimate of drug-likeness (QED) is 0.488. The highest BCUT2D eigenvalue weighted by molar-refractivity contribution is 5.12. The second-order valence-electron chi connectivity index (χ2n) is 3.04. The first-order valence-electron chi connectivity index (χ1n) is 3.04. The zero-order valence-corrected chi connectivity index (χ0v) is 5.99. The van der Waals surface area contributed by atoms with E-state index in [0.717, 1.165) is 0 Å². The lowest BCUT2D eigenvalue weighted by atomic mass is 9.94. The van der Waals surface area contributed by atoms with Gasteiger partial charge in [-0.25, -0.2) is 4.39 Å². The molecule has 0 fully saturated rings. The van der Waals surface area contributed by atoms with Crippen LogP contribution in [0.25, 0.3) is 0 Å². The van der Waals surface area contributed by atoms with E-state index >= 15 is 0 Å². The molecule has 1 heterocycles. The molecule has 9 heavy (non-hydrogen) atoms. The van der Waals surface area contributed by atoms with E-state index in [1.807, 2.05) is 13.8 Å². The first-order chi connectivity index (χ1) is 4.04. The second-order valence-corrected chi connectivity index (χ2v) is 3.04. The molecule has 52 valence electrons. The van der Waals surface area contributed by atoms with Gasteiger partial charge < -0.3 is 4.74 Å². The molecule has 1 rings (SSSR count). The number of halogens is 1. The smallest absolute Gasteiger partial charge is 0.146 e. The monoisotopic (exact) mass is 130 g/mol. The number of hydrogen-bond donors (Lipinski definition) is 0. The molecule has 0 aromatic carbocycles. The second kappa shape index (κ2) is 1.72. The molecule has 0 radical (unpaired) electrons. The third kappa shape index (κ3) is 0.934. The molecule has 0 saturated carbocycles. The maximum atomic E-state index is 12.8. The highest BCUT2D eigenvalue weighted by Crippen LogP contribution is 2.36. The lowest BCUT2D eigenvalue weighted by molar-refractivity contribution is 0.182. The first kappa shape index (κ1) is 6.59. The summed E-state index contributed by atoms with van der Waals surface area (Å²) in [5.74, 6) is 0.336. The van der Waals surface area contributed by atoms with Crippen molar-refractivity contribution in [1.82, 2.24) is 0 Å². The van der Waals surface area contributed by atoms with Gasteiger partial charge in [0.05, 0.1) is 12.0 Å². The van der Waals surface area contributed by atoms with Gasteiger partial charge >= 0.3 is 0 Å². The summed E-state index contributed by atoms with van der Waals surface area (Å²) in [6.45, 7) is 5.80. The van der Waals surface area contributed by atoms with Gasteiger partial charge in [-0.15, -0.1) is 0 Å². The summed E-state index contributed by atoms with van der Waals surface area (Å²) in [6, 6.07) is 0. The van der Waals surface area contributed by atoms with Crippen molar-refractivity contribution in [3.8, 4) is 0 Å². The van der Waals surface area contributed by atoms with Crippen LogP contribution in [0, 0.1) is 5.41 Å². The van der Waals surface area contributed by atoms with Crippen molar-refractivity contribution < 1.29 is 9.13 Å². The number of hydrogen-bond acceptors (Lipinski definition) is 1. The van der Waals surface area contributed by atoms with Crippen LogP contribution in [-0.2, 0) is 4.74 Å². The number of allylic oxidation sites excluding steroid dienone is 1. The molecule has 0 aromatic heterocycles. The Balaban J connectivity index is 2.88. The van der Waals surface area contributed by atoms with Crippen LogP contribution in [0.15, 0.2) is 11.6 Å². The molecular weight excluding hydrogens is 119 g/mol. The lowest BCUT2D eigenvalue weighted by Gasteiger charge is -2.11. The standard InChI is InChI=1S/C7H11FO/c1-5-6(8)7(2,3)4-9-5/h4H2,1-3H3. The zero-order chi connectivity index (χ0) is 7.07. The molecule has 1 aliphatic rings. The van der Waals surface area contributed by atoms with Crippen molar-refractivity contribution in [2.24, 2.45) is 5.41 Å². The lowest BCUT2D eigenvalue weighted by Crippen LogP contribution is -2.12. The summed E-state index contributed by atoms with van der Waals surface area (Å²) in [5, 5.41) is 0. The van der Waals surface area contributed by atoms with E-state index < -0.39 is 0 Å². The van der Waals surface area contributed by atoms with Crippen LogP contribution in [-0.4, -0.2) is 6.61 Å². The fourth-order valence-electron chi connectivity index (χ4n) is 0.892. The van der Waals surface area contributed by atoms with Crippen LogP contribution in [0.5, 0.6) is 0 Å². The topological polar surface area (TPSA) is 9.23 Å². The zero-order valence-electron chi connectivity index (χ0n) is 5.99. The van der Waals surface area contributed by atoms with Crippen LogP contribution >= 0.6 is 0 Å². The molecule has 0 bridgehead atoms. The number of ether oxygens (including phenoxy) is 1. The summed E-state index contributed by atoms with van der Waals surface area (Å²) in [6.07, 6.45) is 0. The van der Waals surface area contributed by atoms with Gasteiger partial charge in [0.1, 0.15) is 11.6 Å². The highest BCUT2D eigenvalue weighted by Gasteiger charge is 2.33. The maximum Gasteiger partial charge on any atom is 0.146 e. The van der Waals surface area contributed by atoms with Crippen molar-refractivity contribution >= 4 is 0 Å². The molecule has 0 unspecified atom stereocenters. The minimum atomic E-state index is -0.385.